The van der Waals surface area contributed by atoms with Gasteiger partial charge in [-0.2, -0.15) is 0 Å². The Kier molecular flexibility index (Phi) is 3.81. The van der Waals surface area contributed by atoms with Crippen LogP contribution in [-0.4, -0.2) is 35.1 Å². The standard InChI is InChI=1S/C12H22N2O3/c1-11(2)6-5-7-13-8(11)9(15)14-12(3,4)10(16)17/h8,13H,5-7H2,1-4H3,(H,14,15)(H,16,17). The number of carboxylic acids is 1. The van der Waals surface area contributed by atoms with Crippen molar-refractivity contribution in [3.8, 4) is 0 Å². The van der Waals surface area contributed by atoms with Crippen LogP contribution < -0.4 is 10.6 Å². The van der Waals surface area contributed by atoms with Crippen molar-refractivity contribution in [2.24, 2.45) is 5.41 Å². The number of aliphatic carboxylic acids is 1. The van der Waals surface area contributed by atoms with Crippen molar-refractivity contribution >= 4 is 11.9 Å². The molecule has 1 rings (SSSR count). The highest BCUT2D eigenvalue weighted by atomic mass is 16.4. The van der Waals surface area contributed by atoms with Gasteiger partial charge < -0.3 is 15.7 Å². The van der Waals surface area contributed by atoms with Gasteiger partial charge in [-0.25, -0.2) is 4.79 Å². The maximum absolute atomic E-state index is 12.1. The molecule has 98 valence electrons. The first kappa shape index (κ1) is 14.0. The van der Waals surface area contributed by atoms with Crippen LogP contribution in [0.25, 0.3) is 0 Å². The van der Waals surface area contributed by atoms with Gasteiger partial charge in [0.05, 0.1) is 6.04 Å². The van der Waals surface area contributed by atoms with Crippen LogP contribution in [0.15, 0.2) is 0 Å². The minimum absolute atomic E-state index is 0.142. The lowest BCUT2D eigenvalue weighted by atomic mass is 9.77. The molecule has 5 nitrogen and oxygen atoms in total. The highest BCUT2D eigenvalue weighted by Crippen LogP contribution is 2.30. The summed E-state index contributed by atoms with van der Waals surface area (Å²) >= 11 is 0. The Bertz CT molecular complexity index is 324. The van der Waals surface area contributed by atoms with Crippen LogP contribution in [0.4, 0.5) is 0 Å². The largest absolute Gasteiger partial charge is 0.480 e. The molecule has 0 aliphatic carbocycles. The van der Waals surface area contributed by atoms with E-state index in [0.717, 1.165) is 19.4 Å². The molecule has 17 heavy (non-hydrogen) atoms. The van der Waals surface area contributed by atoms with E-state index < -0.39 is 11.5 Å². The monoisotopic (exact) mass is 242 g/mol. The van der Waals surface area contributed by atoms with Crippen LogP contribution in [0.3, 0.4) is 0 Å². The summed E-state index contributed by atoms with van der Waals surface area (Å²) in [6.07, 6.45) is 2.00. The molecule has 0 radical (unpaired) electrons. The lowest BCUT2D eigenvalue weighted by Crippen LogP contribution is -2.60. The van der Waals surface area contributed by atoms with E-state index in [2.05, 4.69) is 10.6 Å². The van der Waals surface area contributed by atoms with E-state index in [1.165, 1.54) is 13.8 Å². The van der Waals surface area contributed by atoms with Crippen molar-refractivity contribution in [1.82, 2.24) is 10.6 Å². The Morgan fingerprint density at radius 3 is 2.47 bits per heavy atom. The van der Waals surface area contributed by atoms with Crippen molar-refractivity contribution < 1.29 is 14.7 Å². The summed E-state index contributed by atoms with van der Waals surface area (Å²) in [5.74, 6) is -1.26. The molecular weight excluding hydrogens is 220 g/mol. The van der Waals surface area contributed by atoms with Gasteiger partial charge in [-0.05, 0) is 38.6 Å². The van der Waals surface area contributed by atoms with Crippen molar-refractivity contribution in [3.05, 3.63) is 0 Å². The van der Waals surface area contributed by atoms with Gasteiger partial charge in [-0.15, -0.1) is 0 Å². The number of carbonyl (C=O) groups excluding carboxylic acids is 1. The van der Waals surface area contributed by atoms with E-state index in [1.807, 2.05) is 13.8 Å². The molecule has 3 N–H and O–H groups in total. The van der Waals surface area contributed by atoms with Gasteiger partial charge in [0.25, 0.3) is 0 Å². The van der Waals surface area contributed by atoms with Crippen LogP contribution in [0.2, 0.25) is 0 Å². The van der Waals surface area contributed by atoms with Crippen molar-refractivity contribution in [1.29, 1.82) is 0 Å². The van der Waals surface area contributed by atoms with Gasteiger partial charge in [-0.1, -0.05) is 13.8 Å². The van der Waals surface area contributed by atoms with Crippen LogP contribution >= 0.6 is 0 Å². The fourth-order valence-corrected chi connectivity index (χ4v) is 2.09. The Morgan fingerprint density at radius 1 is 1.41 bits per heavy atom. The lowest BCUT2D eigenvalue weighted by molar-refractivity contribution is -0.147. The summed E-state index contributed by atoms with van der Waals surface area (Å²) in [4.78, 5) is 23.1. The summed E-state index contributed by atoms with van der Waals surface area (Å²) in [7, 11) is 0. The first-order chi connectivity index (χ1) is 7.67. The molecule has 5 heteroatoms. The molecule has 0 saturated carbocycles. The number of nitrogens with one attached hydrogen (secondary N) is 2. The molecular formula is C12H22N2O3. The van der Waals surface area contributed by atoms with Crippen LogP contribution in [0.5, 0.6) is 0 Å². The van der Waals surface area contributed by atoms with Crippen LogP contribution in [0, 0.1) is 5.41 Å². The molecule has 0 aromatic carbocycles. The summed E-state index contributed by atoms with van der Waals surface area (Å²) < 4.78 is 0. The first-order valence-electron chi connectivity index (χ1n) is 5.95. The van der Waals surface area contributed by atoms with Crippen molar-refractivity contribution in [2.45, 2.75) is 52.1 Å². The predicted molar refractivity (Wildman–Crippen MR) is 64.7 cm³/mol. The normalized spacial score (nSPS) is 24.1. The number of hydrogen-bond acceptors (Lipinski definition) is 3. The minimum Gasteiger partial charge on any atom is -0.480 e. The highest BCUT2D eigenvalue weighted by Gasteiger charge is 2.40. The maximum Gasteiger partial charge on any atom is 0.328 e. The molecule has 1 atom stereocenters. The van der Waals surface area contributed by atoms with Gasteiger partial charge in [0, 0.05) is 0 Å². The zero-order chi connectivity index (χ0) is 13.3. The van der Waals surface area contributed by atoms with E-state index in [4.69, 9.17) is 5.11 Å². The molecule has 1 aliphatic rings. The molecule has 0 spiro atoms. The molecule has 1 heterocycles. The SMILES string of the molecule is CC(C)(NC(=O)C1NCCCC1(C)C)C(=O)O. The number of carboxylic acid groups (broad SMARTS) is 1. The molecule has 1 unspecified atom stereocenters. The second-order valence-corrected chi connectivity index (χ2v) is 5.90. The zero-order valence-corrected chi connectivity index (χ0v) is 11.0. The third-order valence-corrected chi connectivity index (χ3v) is 3.36. The minimum atomic E-state index is -1.23. The van der Waals surface area contributed by atoms with E-state index >= 15 is 0 Å². The van der Waals surface area contributed by atoms with Gasteiger partial charge in [0.1, 0.15) is 5.54 Å². The average Bonchev–Trinajstić information content (AvgIpc) is 2.15. The van der Waals surface area contributed by atoms with Crippen molar-refractivity contribution in [3.63, 3.8) is 0 Å². The second-order valence-electron chi connectivity index (χ2n) is 5.90. The van der Waals surface area contributed by atoms with E-state index in [1.54, 1.807) is 0 Å². The van der Waals surface area contributed by atoms with Crippen molar-refractivity contribution in [2.75, 3.05) is 6.54 Å². The highest BCUT2D eigenvalue weighted by molar-refractivity contribution is 5.89. The number of carbonyl (C=O) groups is 2. The molecule has 1 fully saturated rings. The smallest absolute Gasteiger partial charge is 0.328 e. The predicted octanol–water partition coefficient (Wildman–Crippen LogP) is 0.744. The van der Waals surface area contributed by atoms with Gasteiger partial charge in [0.2, 0.25) is 5.91 Å². The zero-order valence-electron chi connectivity index (χ0n) is 11.0. The molecule has 0 bridgehead atoms. The Labute approximate surface area is 102 Å². The molecule has 0 aromatic heterocycles. The molecule has 0 aromatic rings. The maximum atomic E-state index is 12.1. The fraction of sp³-hybridized carbons (Fsp3) is 0.833. The van der Waals surface area contributed by atoms with E-state index in [9.17, 15) is 9.59 Å². The molecule has 1 amide bonds. The molecule has 1 aliphatic heterocycles. The Hall–Kier alpha value is -1.10. The van der Waals surface area contributed by atoms with E-state index in [-0.39, 0.29) is 17.4 Å². The summed E-state index contributed by atoms with van der Waals surface area (Å²) in [6, 6.07) is -0.324. The topological polar surface area (TPSA) is 78.4 Å². The second kappa shape index (κ2) is 4.64. The average molecular weight is 242 g/mol. The number of piperidine rings is 1. The summed E-state index contributed by atoms with van der Waals surface area (Å²) in [5, 5.41) is 14.7. The third-order valence-electron chi connectivity index (χ3n) is 3.36. The van der Waals surface area contributed by atoms with Gasteiger partial charge in [0.15, 0.2) is 0 Å². The lowest BCUT2D eigenvalue weighted by Gasteiger charge is -2.39. The van der Waals surface area contributed by atoms with Crippen LogP contribution in [-0.2, 0) is 9.59 Å². The number of hydrogen-bond donors (Lipinski definition) is 3. The quantitative estimate of drug-likeness (QED) is 0.682. The fourth-order valence-electron chi connectivity index (χ4n) is 2.09. The molecule has 1 saturated heterocycles. The Morgan fingerprint density at radius 2 is 2.00 bits per heavy atom. The van der Waals surface area contributed by atoms with Gasteiger partial charge in [-0.3, -0.25) is 4.79 Å². The third kappa shape index (κ3) is 3.19. The first-order valence-corrected chi connectivity index (χ1v) is 5.95. The van der Waals surface area contributed by atoms with Gasteiger partial charge >= 0.3 is 5.97 Å². The number of rotatable bonds is 3. The summed E-state index contributed by atoms with van der Waals surface area (Å²) in [5.41, 5.74) is -1.37. The Balaban J connectivity index is 2.73. The van der Waals surface area contributed by atoms with E-state index in [0.29, 0.717) is 0 Å². The summed E-state index contributed by atoms with van der Waals surface area (Å²) in [6.45, 7) is 7.83. The number of amides is 1. The van der Waals surface area contributed by atoms with Crippen LogP contribution in [0.1, 0.15) is 40.5 Å².